The minimum Gasteiger partial charge on any atom is -0.364 e. The summed E-state index contributed by atoms with van der Waals surface area (Å²) < 4.78 is 0.690. The molecule has 0 unspecified atom stereocenters. The number of amides is 1. The molecule has 1 aromatic heterocycles. The molecule has 9 heavy (non-hydrogen) atoms. The number of hydrogen-bond acceptors (Lipinski definition) is 3. The van der Waals surface area contributed by atoms with Crippen molar-refractivity contribution < 1.29 is 4.79 Å². The topological polar surface area (TPSA) is 56.0 Å². The summed E-state index contributed by atoms with van der Waals surface area (Å²) in [6.45, 7) is 0. The van der Waals surface area contributed by atoms with Gasteiger partial charge < -0.3 is 5.73 Å². The molecule has 1 aromatic rings. The molecule has 0 spiro atoms. The van der Waals surface area contributed by atoms with Gasteiger partial charge >= 0.3 is 0 Å². The van der Waals surface area contributed by atoms with Crippen molar-refractivity contribution in [3.05, 3.63) is 15.0 Å². The van der Waals surface area contributed by atoms with Gasteiger partial charge in [-0.05, 0) is 15.9 Å². The Hall–Kier alpha value is -0.420. The highest BCUT2D eigenvalue weighted by molar-refractivity contribution is 9.11. The van der Waals surface area contributed by atoms with Crippen molar-refractivity contribution in [2.75, 3.05) is 0 Å². The smallest absolute Gasteiger partial charge is 0.269 e. The molecule has 0 aliphatic heterocycles. The summed E-state index contributed by atoms with van der Waals surface area (Å²) in [7, 11) is 0. The van der Waals surface area contributed by atoms with Gasteiger partial charge in [-0.1, -0.05) is 0 Å². The van der Waals surface area contributed by atoms with Crippen LogP contribution in [-0.4, -0.2) is 10.9 Å². The molecule has 0 aliphatic rings. The Morgan fingerprint density at radius 2 is 2.56 bits per heavy atom. The zero-order chi connectivity index (χ0) is 6.85. The number of rotatable bonds is 1. The van der Waals surface area contributed by atoms with Crippen molar-refractivity contribution in [2.45, 2.75) is 0 Å². The third-order valence-corrected chi connectivity index (χ3v) is 2.30. The lowest BCUT2D eigenvalue weighted by atomic mass is 10.5. The normalized spacial score (nSPS) is 9.44. The van der Waals surface area contributed by atoms with Crippen LogP contribution in [0.15, 0.2) is 9.30 Å². The van der Waals surface area contributed by atoms with Crippen molar-refractivity contribution in [1.29, 1.82) is 0 Å². The van der Waals surface area contributed by atoms with E-state index in [1.807, 2.05) is 0 Å². The van der Waals surface area contributed by atoms with E-state index in [4.69, 9.17) is 5.73 Å². The number of carbonyl (C=O) groups is 1. The van der Waals surface area contributed by atoms with Crippen LogP contribution >= 0.6 is 27.3 Å². The van der Waals surface area contributed by atoms with Crippen LogP contribution in [0.5, 0.6) is 0 Å². The minimum absolute atomic E-state index is 0.306. The van der Waals surface area contributed by atoms with Crippen LogP contribution < -0.4 is 5.73 Å². The van der Waals surface area contributed by atoms with Crippen LogP contribution in [0.1, 0.15) is 10.5 Å². The van der Waals surface area contributed by atoms with E-state index in [-0.39, 0.29) is 0 Å². The van der Waals surface area contributed by atoms with Gasteiger partial charge in [-0.2, -0.15) is 0 Å². The first-order chi connectivity index (χ1) is 4.22. The molecule has 48 valence electrons. The van der Waals surface area contributed by atoms with Crippen molar-refractivity contribution in [1.82, 2.24) is 4.98 Å². The Morgan fingerprint density at radius 3 is 2.78 bits per heavy atom. The molecule has 0 aliphatic carbocycles. The maximum Gasteiger partial charge on any atom is 0.269 e. The lowest BCUT2D eigenvalue weighted by Gasteiger charge is -1.84. The van der Waals surface area contributed by atoms with Crippen LogP contribution in [0.25, 0.3) is 0 Å². The van der Waals surface area contributed by atoms with E-state index in [9.17, 15) is 4.79 Å². The number of nitrogens with two attached hydrogens (primary N) is 1. The summed E-state index contributed by atoms with van der Waals surface area (Å²) in [4.78, 5) is 14.1. The summed E-state index contributed by atoms with van der Waals surface area (Å²) in [6.07, 6.45) is 0. The molecule has 2 N–H and O–H groups in total. The molecule has 1 rings (SSSR count). The largest absolute Gasteiger partial charge is 0.364 e. The van der Waals surface area contributed by atoms with E-state index < -0.39 is 5.91 Å². The maximum atomic E-state index is 10.4. The molecule has 0 radical (unpaired) electrons. The van der Waals surface area contributed by atoms with Gasteiger partial charge in [-0.25, -0.2) is 4.98 Å². The molecule has 5 heteroatoms. The highest BCUT2D eigenvalue weighted by Gasteiger charge is 2.07. The summed E-state index contributed by atoms with van der Waals surface area (Å²) >= 11 is 4.46. The van der Waals surface area contributed by atoms with E-state index in [2.05, 4.69) is 20.9 Å². The number of carbonyl (C=O) groups excluding carboxylic acids is 1. The Kier molecular flexibility index (Phi) is 1.82. The molecule has 0 aromatic carbocycles. The number of nitrogens with zero attached hydrogens (tertiary/aromatic N) is 1. The molecule has 0 saturated heterocycles. The van der Waals surface area contributed by atoms with E-state index in [1.165, 1.54) is 11.3 Å². The standard InChI is InChI=1S/C4H3BrN2OS/c5-3-2(4(6)8)7-1-9-3/h1H,(H2,6,8). The molecular formula is C4H3BrN2OS. The minimum atomic E-state index is -0.497. The van der Waals surface area contributed by atoms with Crippen molar-refractivity contribution >= 4 is 33.2 Å². The first-order valence-corrected chi connectivity index (χ1v) is 3.78. The van der Waals surface area contributed by atoms with Crippen molar-refractivity contribution in [2.24, 2.45) is 5.73 Å². The zero-order valence-electron chi connectivity index (χ0n) is 4.30. The predicted molar refractivity (Wildman–Crippen MR) is 38.3 cm³/mol. The third-order valence-electron chi connectivity index (χ3n) is 0.758. The predicted octanol–water partition coefficient (Wildman–Crippen LogP) is 1.00. The number of aromatic nitrogens is 1. The average Bonchev–Trinajstić information content (AvgIpc) is 2.13. The number of primary amides is 1. The summed E-state index contributed by atoms with van der Waals surface area (Å²) in [5.74, 6) is -0.497. The van der Waals surface area contributed by atoms with Gasteiger partial charge in [0, 0.05) is 0 Å². The van der Waals surface area contributed by atoms with Crippen molar-refractivity contribution in [3.8, 4) is 0 Å². The van der Waals surface area contributed by atoms with Gasteiger partial charge in [0.05, 0.1) is 5.51 Å². The summed E-state index contributed by atoms with van der Waals surface area (Å²) in [6, 6.07) is 0. The van der Waals surface area contributed by atoms with Crippen LogP contribution in [0, 0.1) is 0 Å². The molecule has 1 amide bonds. The van der Waals surface area contributed by atoms with Gasteiger partial charge in [0.15, 0.2) is 5.69 Å². The molecule has 0 atom stereocenters. The molecule has 3 nitrogen and oxygen atoms in total. The van der Waals surface area contributed by atoms with E-state index in [0.717, 1.165) is 0 Å². The Morgan fingerprint density at radius 1 is 1.89 bits per heavy atom. The second-order valence-electron chi connectivity index (χ2n) is 1.34. The van der Waals surface area contributed by atoms with E-state index >= 15 is 0 Å². The van der Waals surface area contributed by atoms with Gasteiger partial charge in [0.1, 0.15) is 3.79 Å². The quantitative estimate of drug-likeness (QED) is 0.746. The number of hydrogen-bond donors (Lipinski definition) is 1. The maximum absolute atomic E-state index is 10.4. The van der Waals surface area contributed by atoms with Crippen LogP contribution in [0.2, 0.25) is 0 Å². The SMILES string of the molecule is NC(=O)c1ncsc1Br. The molecule has 0 bridgehead atoms. The molecule has 1 heterocycles. The fourth-order valence-electron chi connectivity index (χ4n) is 0.392. The number of halogens is 1. The fraction of sp³-hybridized carbons (Fsp3) is 0. The van der Waals surface area contributed by atoms with Crippen LogP contribution in [-0.2, 0) is 0 Å². The zero-order valence-corrected chi connectivity index (χ0v) is 6.70. The summed E-state index contributed by atoms with van der Waals surface area (Å²) in [5, 5.41) is 0. The first-order valence-electron chi connectivity index (χ1n) is 2.10. The second-order valence-corrected chi connectivity index (χ2v) is 3.51. The first kappa shape index (κ1) is 6.70. The Balaban J connectivity index is 3.08. The molecular weight excluding hydrogens is 204 g/mol. The van der Waals surface area contributed by atoms with Gasteiger partial charge in [-0.3, -0.25) is 4.79 Å². The summed E-state index contributed by atoms with van der Waals surface area (Å²) in [5.41, 5.74) is 6.80. The lowest BCUT2D eigenvalue weighted by molar-refractivity contribution is 0.0995. The fourth-order valence-corrected chi connectivity index (χ4v) is 1.46. The van der Waals surface area contributed by atoms with Crippen LogP contribution in [0.3, 0.4) is 0 Å². The van der Waals surface area contributed by atoms with Gasteiger partial charge in [-0.15, -0.1) is 11.3 Å². The third kappa shape index (κ3) is 1.28. The van der Waals surface area contributed by atoms with Gasteiger partial charge in [0.2, 0.25) is 0 Å². The van der Waals surface area contributed by atoms with Gasteiger partial charge in [0.25, 0.3) is 5.91 Å². The Bertz CT molecular complexity index is 234. The van der Waals surface area contributed by atoms with E-state index in [1.54, 1.807) is 5.51 Å². The molecule has 0 saturated carbocycles. The second kappa shape index (κ2) is 2.45. The lowest BCUT2D eigenvalue weighted by Crippen LogP contribution is -2.11. The highest BCUT2D eigenvalue weighted by atomic mass is 79.9. The highest BCUT2D eigenvalue weighted by Crippen LogP contribution is 2.19. The van der Waals surface area contributed by atoms with E-state index in [0.29, 0.717) is 9.48 Å². The van der Waals surface area contributed by atoms with Crippen LogP contribution in [0.4, 0.5) is 0 Å². The van der Waals surface area contributed by atoms with Crippen molar-refractivity contribution in [3.63, 3.8) is 0 Å². The Labute approximate surface area is 64.0 Å². The molecule has 0 fully saturated rings. The average molecular weight is 207 g/mol. The number of thiazole rings is 1. The monoisotopic (exact) mass is 206 g/mol.